The minimum absolute atomic E-state index is 0.197. The van der Waals surface area contributed by atoms with Crippen LogP contribution in [-0.4, -0.2) is 50.6 Å². The van der Waals surface area contributed by atoms with Crippen LogP contribution in [0, 0.1) is 0 Å². The number of nitrogens with zero attached hydrogens (tertiary/aromatic N) is 5. The predicted octanol–water partition coefficient (Wildman–Crippen LogP) is 1.90. The number of hydrogen-bond donors (Lipinski definition) is 1. The molecule has 10 heteroatoms. The maximum absolute atomic E-state index is 12.2. The van der Waals surface area contributed by atoms with E-state index in [-0.39, 0.29) is 17.5 Å². The number of carbonyl (C=O) groups is 1. The Morgan fingerprint density at radius 2 is 1.96 bits per heavy atom. The zero-order chi connectivity index (χ0) is 17.5. The van der Waals surface area contributed by atoms with Gasteiger partial charge >= 0.3 is 0 Å². The van der Waals surface area contributed by atoms with Crippen molar-refractivity contribution in [3.8, 4) is 0 Å². The molecule has 132 valence electrons. The molecule has 1 amide bonds. The molecule has 1 N–H and O–H groups in total. The van der Waals surface area contributed by atoms with E-state index in [0.29, 0.717) is 24.9 Å². The fraction of sp³-hybridized carbons (Fsp3) is 0.643. The molecule has 0 saturated carbocycles. The number of rotatable bonds is 9. The first-order valence-electron chi connectivity index (χ1n) is 7.81. The summed E-state index contributed by atoms with van der Waals surface area (Å²) < 4.78 is 12.4. The van der Waals surface area contributed by atoms with Crippen molar-refractivity contribution < 1.29 is 14.3 Å². The highest BCUT2D eigenvalue weighted by Gasteiger charge is 2.16. The number of hydrogen-bond acceptors (Lipinski definition) is 8. The molecule has 0 aliphatic rings. The SMILES string of the molecule is CCOC(Cn1cc(C(=O)Nc2nnc(C(C)C)s2)nn1)OCC. The summed E-state index contributed by atoms with van der Waals surface area (Å²) in [5.41, 5.74) is 0.197. The molecule has 9 nitrogen and oxygen atoms in total. The zero-order valence-electron chi connectivity index (χ0n) is 14.2. The standard InChI is InChI=1S/C14H22N6O3S/c1-5-22-11(23-6-2)8-20-7-10(16-19-20)12(21)15-14-18-17-13(24-14)9(3)4/h7,9,11H,5-6,8H2,1-4H3,(H,15,18,21). The number of aromatic nitrogens is 5. The lowest BCUT2D eigenvalue weighted by Crippen LogP contribution is -2.24. The van der Waals surface area contributed by atoms with E-state index in [2.05, 4.69) is 25.8 Å². The molecule has 0 unspecified atom stereocenters. The Morgan fingerprint density at radius 3 is 2.54 bits per heavy atom. The molecule has 0 bridgehead atoms. The first-order chi connectivity index (χ1) is 11.5. The highest BCUT2D eigenvalue weighted by atomic mass is 32.1. The molecular weight excluding hydrogens is 332 g/mol. The number of ether oxygens (including phenoxy) is 2. The Bertz CT molecular complexity index is 650. The van der Waals surface area contributed by atoms with Gasteiger partial charge in [0.1, 0.15) is 5.01 Å². The lowest BCUT2D eigenvalue weighted by molar-refractivity contribution is -0.145. The molecule has 2 heterocycles. The van der Waals surface area contributed by atoms with Gasteiger partial charge in [0, 0.05) is 19.1 Å². The fourth-order valence-electron chi connectivity index (χ4n) is 1.85. The third-order valence-electron chi connectivity index (χ3n) is 2.97. The molecule has 0 aromatic carbocycles. The van der Waals surface area contributed by atoms with Gasteiger partial charge in [-0.2, -0.15) is 0 Å². The Balaban J connectivity index is 1.96. The van der Waals surface area contributed by atoms with Crippen molar-refractivity contribution >= 4 is 22.4 Å². The Kier molecular flexibility index (Phi) is 6.76. The second kappa shape index (κ2) is 8.81. The second-order valence-electron chi connectivity index (χ2n) is 5.22. The smallest absolute Gasteiger partial charge is 0.279 e. The topological polar surface area (TPSA) is 104 Å². The van der Waals surface area contributed by atoms with Crippen molar-refractivity contribution in [1.29, 1.82) is 0 Å². The van der Waals surface area contributed by atoms with Crippen LogP contribution in [0.1, 0.15) is 49.1 Å². The predicted molar refractivity (Wildman–Crippen MR) is 89.0 cm³/mol. The average molecular weight is 354 g/mol. The van der Waals surface area contributed by atoms with Gasteiger partial charge in [0.2, 0.25) is 5.13 Å². The summed E-state index contributed by atoms with van der Waals surface area (Å²) >= 11 is 1.35. The van der Waals surface area contributed by atoms with E-state index in [0.717, 1.165) is 5.01 Å². The summed E-state index contributed by atoms with van der Waals surface area (Å²) in [5.74, 6) is -0.111. The van der Waals surface area contributed by atoms with Crippen LogP contribution < -0.4 is 5.32 Å². The lowest BCUT2D eigenvalue weighted by Gasteiger charge is -2.16. The summed E-state index contributed by atoms with van der Waals surface area (Å²) in [4.78, 5) is 12.2. The van der Waals surface area contributed by atoms with Gasteiger partial charge in [0.25, 0.3) is 5.91 Å². The molecule has 0 saturated heterocycles. The number of anilines is 1. The van der Waals surface area contributed by atoms with Gasteiger partial charge in [-0.15, -0.1) is 15.3 Å². The van der Waals surface area contributed by atoms with Crippen LogP contribution in [-0.2, 0) is 16.0 Å². The van der Waals surface area contributed by atoms with Gasteiger partial charge in [-0.05, 0) is 13.8 Å². The molecule has 0 aliphatic heterocycles. The number of amides is 1. The van der Waals surface area contributed by atoms with Gasteiger partial charge in [-0.1, -0.05) is 30.4 Å². The highest BCUT2D eigenvalue weighted by Crippen LogP contribution is 2.22. The van der Waals surface area contributed by atoms with Crippen LogP contribution in [0.15, 0.2) is 6.20 Å². The van der Waals surface area contributed by atoms with Crippen LogP contribution in [0.4, 0.5) is 5.13 Å². The number of nitrogens with one attached hydrogen (secondary N) is 1. The van der Waals surface area contributed by atoms with E-state index in [4.69, 9.17) is 9.47 Å². The van der Waals surface area contributed by atoms with Gasteiger partial charge in [-0.25, -0.2) is 4.68 Å². The van der Waals surface area contributed by atoms with Gasteiger partial charge in [-0.3, -0.25) is 10.1 Å². The second-order valence-corrected chi connectivity index (χ2v) is 6.23. The molecule has 2 aromatic rings. The average Bonchev–Trinajstić information content (AvgIpc) is 3.17. The zero-order valence-corrected chi connectivity index (χ0v) is 15.0. The Labute approximate surface area is 144 Å². The molecule has 2 rings (SSSR count). The molecule has 0 fully saturated rings. The van der Waals surface area contributed by atoms with E-state index in [1.54, 1.807) is 6.20 Å². The monoisotopic (exact) mass is 354 g/mol. The van der Waals surface area contributed by atoms with Crippen molar-refractivity contribution in [2.24, 2.45) is 0 Å². The normalized spacial score (nSPS) is 11.4. The van der Waals surface area contributed by atoms with Crippen molar-refractivity contribution in [3.63, 3.8) is 0 Å². The van der Waals surface area contributed by atoms with Crippen molar-refractivity contribution in [2.45, 2.75) is 46.4 Å². The summed E-state index contributed by atoms with van der Waals surface area (Å²) in [5, 5.41) is 19.8. The molecule has 24 heavy (non-hydrogen) atoms. The van der Waals surface area contributed by atoms with E-state index in [1.165, 1.54) is 16.0 Å². The first-order valence-corrected chi connectivity index (χ1v) is 8.63. The van der Waals surface area contributed by atoms with E-state index >= 15 is 0 Å². The maximum atomic E-state index is 12.2. The third kappa shape index (κ3) is 5.05. The van der Waals surface area contributed by atoms with E-state index in [9.17, 15) is 4.79 Å². The lowest BCUT2D eigenvalue weighted by atomic mass is 10.2. The van der Waals surface area contributed by atoms with Crippen LogP contribution in [0.5, 0.6) is 0 Å². The van der Waals surface area contributed by atoms with Crippen LogP contribution in [0.3, 0.4) is 0 Å². The molecule has 0 atom stereocenters. The molecular formula is C14H22N6O3S. The first kappa shape index (κ1) is 18.4. The van der Waals surface area contributed by atoms with Gasteiger partial charge in [0.05, 0.1) is 12.7 Å². The van der Waals surface area contributed by atoms with Crippen LogP contribution in [0.2, 0.25) is 0 Å². The fourth-order valence-corrected chi connectivity index (χ4v) is 2.59. The summed E-state index contributed by atoms with van der Waals surface area (Å²) in [6, 6.07) is 0. The highest BCUT2D eigenvalue weighted by molar-refractivity contribution is 7.15. The molecule has 0 spiro atoms. The minimum Gasteiger partial charge on any atom is -0.351 e. The quantitative estimate of drug-likeness (QED) is 0.686. The van der Waals surface area contributed by atoms with Crippen molar-refractivity contribution in [1.82, 2.24) is 25.2 Å². The van der Waals surface area contributed by atoms with Gasteiger partial charge < -0.3 is 9.47 Å². The van der Waals surface area contributed by atoms with Crippen LogP contribution in [0.25, 0.3) is 0 Å². The summed E-state index contributed by atoms with van der Waals surface area (Å²) in [7, 11) is 0. The van der Waals surface area contributed by atoms with Crippen molar-refractivity contribution in [2.75, 3.05) is 18.5 Å². The van der Waals surface area contributed by atoms with E-state index < -0.39 is 6.29 Å². The summed E-state index contributed by atoms with van der Waals surface area (Å²) in [6.45, 7) is 9.23. The number of carbonyl (C=O) groups excluding carboxylic acids is 1. The Morgan fingerprint density at radius 1 is 1.25 bits per heavy atom. The summed E-state index contributed by atoms with van der Waals surface area (Å²) in [6.07, 6.45) is 1.12. The molecule has 0 aliphatic carbocycles. The molecule has 2 aromatic heterocycles. The van der Waals surface area contributed by atoms with Gasteiger partial charge in [0.15, 0.2) is 12.0 Å². The molecule has 0 radical (unpaired) electrons. The Hall–Kier alpha value is -1.91. The largest absolute Gasteiger partial charge is 0.351 e. The van der Waals surface area contributed by atoms with E-state index in [1.807, 2.05) is 27.7 Å². The maximum Gasteiger partial charge on any atom is 0.279 e. The van der Waals surface area contributed by atoms with Crippen molar-refractivity contribution in [3.05, 3.63) is 16.9 Å². The minimum atomic E-state index is -0.422. The van der Waals surface area contributed by atoms with Crippen LogP contribution >= 0.6 is 11.3 Å². The third-order valence-corrected chi connectivity index (χ3v) is 4.11.